The van der Waals surface area contributed by atoms with Crippen LogP contribution in [0.3, 0.4) is 0 Å². The van der Waals surface area contributed by atoms with Crippen molar-refractivity contribution in [2.45, 2.75) is 0 Å². The molecule has 19 heavy (non-hydrogen) atoms. The SMILES string of the molecule is COc1ccc(Nc2ccc(Cl)cc2C#N)cc1F. The zero-order valence-corrected chi connectivity index (χ0v) is 10.8. The van der Waals surface area contributed by atoms with Crippen LogP contribution in [0.2, 0.25) is 5.02 Å². The van der Waals surface area contributed by atoms with Gasteiger partial charge in [-0.2, -0.15) is 5.26 Å². The number of ether oxygens (including phenoxy) is 1. The van der Waals surface area contributed by atoms with Crippen molar-refractivity contribution in [1.29, 1.82) is 5.26 Å². The van der Waals surface area contributed by atoms with Gasteiger partial charge in [0.1, 0.15) is 6.07 Å². The third-order valence-corrected chi connectivity index (χ3v) is 2.77. The molecule has 0 spiro atoms. The van der Waals surface area contributed by atoms with Crippen LogP contribution in [-0.4, -0.2) is 7.11 Å². The number of rotatable bonds is 3. The summed E-state index contributed by atoms with van der Waals surface area (Å²) in [6, 6.07) is 11.4. The van der Waals surface area contributed by atoms with Crippen LogP contribution in [0, 0.1) is 17.1 Å². The number of anilines is 2. The van der Waals surface area contributed by atoms with Gasteiger partial charge in [-0.15, -0.1) is 0 Å². The van der Waals surface area contributed by atoms with Crippen LogP contribution in [-0.2, 0) is 0 Å². The van der Waals surface area contributed by atoms with E-state index >= 15 is 0 Å². The lowest BCUT2D eigenvalue weighted by molar-refractivity contribution is 0.386. The monoisotopic (exact) mass is 276 g/mol. The lowest BCUT2D eigenvalue weighted by Crippen LogP contribution is -1.95. The van der Waals surface area contributed by atoms with E-state index in [1.165, 1.54) is 19.2 Å². The smallest absolute Gasteiger partial charge is 0.167 e. The molecular formula is C14H10ClFN2O. The van der Waals surface area contributed by atoms with Gasteiger partial charge in [0.05, 0.1) is 18.4 Å². The Hall–Kier alpha value is -2.25. The molecule has 2 rings (SSSR count). The van der Waals surface area contributed by atoms with Crippen LogP contribution in [0.25, 0.3) is 0 Å². The minimum Gasteiger partial charge on any atom is -0.494 e. The van der Waals surface area contributed by atoms with Gasteiger partial charge in [-0.3, -0.25) is 0 Å². The molecule has 0 aliphatic rings. The van der Waals surface area contributed by atoms with Crippen LogP contribution in [0.15, 0.2) is 36.4 Å². The first-order valence-corrected chi connectivity index (χ1v) is 5.82. The summed E-state index contributed by atoms with van der Waals surface area (Å²) in [6.07, 6.45) is 0. The maximum Gasteiger partial charge on any atom is 0.167 e. The van der Waals surface area contributed by atoms with Crippen molar-refractivity contribution in [3.8, 4) is 11.8 Å². The van der Waals surface area contributed by atoms with Crippen LogP contribution in [0.4, 0.5) is 15.8 Å². The molecule has 0 bridgehead atoms. The molecule has 0 unspecified atom stereocenters. The molecule has 0 saturated carbocycles. The molecule has 5 heteroatoms. The fraction of sp³-hybridized carbons (Fsp3) is 0.0714. The average molecular weight is 277 g/mol. The zero-order valence-electron chi connectivity index (χ0n) is 10.1. The Balaban J connectivity index is 2.31. The van der Waals surface area contributed by atoms with Crippen molar-refractivity contribution < 1.29 is 9.13 Å². The van der Waals surface area contributed by atoms with Crippen molar-refractivity contribution >= 4 is 23.0 Å². The Labute approximate surface area is 115 Å². The normalized spacial score (nSPS) is 9.79. The zero-order chi connectivity index (χ0) is 13.8. The van der Waals surface area contributed by atoms with Gasteiger partial charge in [-0.25, -0.2) is 4.39 Å². The van der Waals surface area contributed by atoms with Crippen LogP contribution in [0.5, 0.6) is 5.75 Å². The Kier molecular flexibility index (Phi) is 3.88. The Morgan fingerprint density at radius 3 is 2.68 bits per heavy atom. The Morgan fingerprint density at radius 1 is 1.26 bits per heavy atom. The summed E-state index contributed by atoms with van der Waals surface area (Å²) in [7, 11) is 1.40. The predicted octanol–water partition coefficient (Wildman–Crippen LogP) is 4.10. The quantitative estimate of drug-likeness (QED) is 0.918. The summed E-state index contributed by atoms with van der Waals surface area (Å²) in [4.78, 5) is 0. The van der Waals surface area contributed by atoms with Crippen molar-refractivity contribution in [3.63, 3.8) is 0 Å². The van der Waals surface area contributed by atoms with E-state index in [0.29, 0.717) is 22.0 Å². The van der Waals surface area contributed by atoms with Crippen molar-refractivity contribution in [2.75, 3.05) is 12.4 Å². The molecule has 0 aromatic heterocycles. The summed E-state index contributed by atoms with van der Waals surface area (Å²) >= 11 is 5.81. The molecule has 0 atom stereocenters. The van der Waals surface area contributed by atoms with E-state index < -0.39 is 5.82 Å². The first kappa shape index (κ1) is 13.2. The van der Waals surface area contributed by atoms with Crippen LogP contribution >= 0.6 is 11.6 Å². The third kappa shape index (κ3) is 2.95. The molecule has 0 saturated heterocycles. The molecule has 0 heterocycles. The van der Waals surface area contributed by atoms with Crippen molar-refractivity contribution in [1.82, 2.24) is 0 Å². The topological polar surface area (TPSA) is 45.0 Å². The lowest BCUT2D eigenvalue weighted by atomic mass is 10.2. The van der Waals surface area contributed by atoms with Crippen LogP contribution in [0.1, 0.15) is 5.56 Å². The van der Waals surface area contributed by atoms with Gasteiger partial charge in [0.2, 0.25) is 0 Å². The van der Waals surface area contributed by atoms with E-state index in [0.717, 1.165) is 0 Å². The highest BCUT2D eigenvalue weighted by Crippen LogP contribution is 2.26. The van der Waals surface area contributed by atoms with Crippen molar-refractivity contribution in [2.24, 2.45) is 0 Å². The second-order valence-electron chi connectivity index (χ2n) is 3.78. The van der Waals surface area contributed by atoms with E-state index in [-0.39, 0.29) is 5.75 Å². The van der Waals surface area contributed by atoms with E-state index in [1.54, 1.807) is 24.3 Å². The summed E-state index contributed by atoms with van der Waals surface area (Å²) in [5.74, 6) is -0.304. The van der Waals surface area contributed by atoms with Gasteiger partial charge >= 0.3 is 0 Å². The van der Waals surface area contributed by atoms with Gasteiger partial charge in [-0.05, 0) is 30.3 Å². The maximum absolute atomic E-state index is 13.5. The van der Waals surface area contributed by atoms with E-state index in [2.05, 4.69) is 5.32 Å². The van der Waals surface area contributed by atoms with Gasteiger partial charge in [0.25, 0.3) is 0 Å². The largest absolute Gasteiger partial charge is 0.494 e. The summed E-state index contributed by atoms with van der Waals surface area (Å²) in [5, 5.41) is 12.5. The highest BCUT2D eigenvalue weighted by molar-refractivity contribution is 6.30. The maximum atomic E-state index is 13.5. The Bertz CT molecular complexity index is 652. The second kappa shape index (κ2) is 5.59. The third-order valence-electron chi connectivity index (χ3n) is 2.53. The lowest BCUT2D eigenvalue weighted by Gasteiger charge is -2.10. The summed E-state index contributed by atoms with van der Waals surface area (Å²) in [6.45, 7) is 0. The second-order valence-corrected chi connectivity index (χ2v) is 4.21. The summed E-state index contributed by atoms with van der Waals surface area (Å²) < 4.78 is 18.4. The number of nitrogens with zero attached hydrogens (tertiary/aromatic N) is 1. The number of methoxy groups -OCH3 is 1. The molecule has 0 fully saturated rings. The molecule has 0 aliphatic heterocycles. The van der Waals surface area contributed by atoms with Gasteiger partial charge in [0.15, 0.2) is 11.6 Å². The minimum atomic E-state index is -0.472. The molecule has 0 radical (unpaired) electrons. The van der Waals surface area contributed by atoms with Gasteiger partial charge < -0.3 is 10.1 Å². The molecule has 0 amide bonds. The molecule has 2 aromatic carbocycles. The fourth-order valence-electron chi connectivity index (χ4n) is 1.62. The predicted molar refractivity (Wildman–Crippen MR) is 72.4 cm³/mol. The number of benzene rings is 2. The highest BCUT2D eigenvalue weighted by atomic mass is 35.5. The van der Waals surface area contributed by atoms with E-state index in [4.69, 9.17) is 21.6 Å². The molecule has 96 valence electrons. The first-order chi connectivity index (χ1) is 9.13. The van der Waals surface area contributed by atoms with Gasteiger partial charge in [-0.1, -0.05) is 11.6 Å². The highest BCUT2D eigenvalue weighted by Gasteiger charge is 2.06. The average Bonchev–Trinajstić information content (AvgIpc) is 2.41. The molecule has 3 nitrogen and oxygen atoms in total. The van der Waals surface area contributed by atoms with E-state index in [9.17, 15) is 4.39 Å². The molecule has 1 N–H and O–H groups in total. The number of nitriles is 1. The molecular weight excluding hydrogens is 267 g/mol. The number of hydrogen-bond donors (Lipinski definition) is 1. The first-order valence-electron chi connectivity index (χ1n) is 5.44. The minimum absolute atomic E-state index is 0.169. The van der Waals surface area contributed by atoms with E-state index in [1.807, 2.05) is 6.07 Å². The fourth-order valence-corrected chi connectivity index (χ4v) is 1.79. The molecule has 0 aliphatic carbocycles. The number of nitrogens with one attached hydrogen (secondary N) is 1. The standard InChI is InChI=1S/C14H10ClFN2O/c1-19-14-5-3-11(7-12(14)16)18-13-4-2-10(15)6-9(13)8-17/h2-7,18H,1H3. The van der Waals surface area contributed by atoms with Gasteiger partial charge in [0, 0.05) is 16.8 Å². The van der Waals surface area contributed by atoms with Crippen LogP contribution < -0.4 is 10.1 Å². The number of halogens is 2. The summed E-state index contributed by atoms with van der Waals surface area (Å²) in [5.41, 5.74) is 1.48. The number of hydrogen-bond acceptors (Lipinski definition) is 3. The van der Waals surface area contributed by atoms with Crippen molar-refractivity contribution in [3.05, 3.63) is 52.8 Å². The Morgan fingerprint density at radius 2 is 2.05 bits per heavy atom. The molecule has 2 aromatic rings.